The molecule has 1 saturated heterocycles. The van der Waals surface area contributed by atoms with Gasteiger partial charge in [-0.3, -0.25) is 14.2 Å². The number of carbonyl (C=O) groups excluding carboxylic acids is 1. The van der Waals surface area contributed by atoms with Crippen molar-refractivity contribution < 1.29 is 14.3 Å². The molecule has 10 nitrogen and oxygen atoms in total. The second kappa shape index (κ2) is 13.9. The maximum Gasteiger partial charge on any atom is 0.260 e. The normalized spacial score (nSPS) is 14.0. The fourth-order valence-electron chi connectivity index (χ4n) is 5.29. The smallest absolute Gasteiger partial charge is 0.260 e. The number of hydrogen-bond acceptors (Lipinski definition) is 8. The van der Waals surface area contributed by atoms with E-state index in [1.807, 2.05) is 60.3 Å². The summed E-state index contributed by atoms with van der Waals surface area (Å²) in [6, 6.07) is 13.0. The van der Waals surface area contributed by atoms with Crippen molar-refractivity contribution in [2.45, 2.75) is 18.9 Å². The Balaban J connectivity index is 1.61. The Hall–Kier alpha value is -3.74. The number of methoxy groups -OCH3 is 2. The highest BCUT2D eigenvalue weighted by atomic mass is 79.9. The predicted octanol–water partition coefficient (Wildman–Crippen LogP) is 6.03. The van der Waals surface area contributed by atoms with E-state index >= 15 is 0 Å². The molecule has 1 amide bonds. The van der Waals surface area contributed by atoms with E-state index in [9.17, 15) is 9.59 Å². The average Bonchev–Trinajstić information content (AvgIpc) is 3.02. The number of para-hydroxylation sites is 1. The van der Waals surface area contributed by atoms with Crippen molar-refractivity contribution in [2.75, 3.05) is 53.3 Å². The number of piperidine rings is 1. The number of fused-ring (bicyclic) bond motifs is 1. The van der Waals surface area contributed by atoms with Crippen molar-refractivity contribution in [2.24, 2.45) is 0 Å². The molecule has 3 heterocycles. The van der Waals surface area contributed by atoms with Crippen molar-refractivity contribution in [3.8, 4) is 22.6 Å². The first-order valence-corrected chi connectivity index (χ1v) is 15.7. The average molecular weight is 726 g/mol. The first-order chi connectivity index (χ1) is 21.2. The Morgan fingerprint density at radius 3 is 2.34 bits per heavy atom. The molecule has 0 bridgehead atoms. The van der Waals surface area contributed by atoms with Gasteiger partial charge in [0, 0.05) is 60.7 Å². The highest BCUT2D eigenvalue weighted by Crippen LogP contribution is 2.46. The molecule has 44 heavy (non-hydrogen) atoms. The van der Waals surface area contributed by atoms with E-state index in [0.29, 0.717) is 81.0 Å². The Morgan fingerprint density at radius 1 is 1.07 bits per heavy atom. The summed E-state index contributed by atoms with van der Waals surface area (Å²) in [5, 5.41) is 3.94. The van der Waals surface area contributed by atoms with Gasteiger partial charge in [-0.1, -0.05) is 24.3 Å². The minimum atomic E-state index is -0.214. The van der Waals surface area contributed by atoms with Crippen LogP contribution in [-0.2, 0) is 4.79 Å². The van der Waals surface area contributed by atoms with E-state index in [0.717, 1.165) is 5.69 Å². The zero-order valence-corrected chi connectivity index (χ0v) is 28.2. The van der Waals surface area contributed by atoms with E-state index in [2.05, 4.69) is 42.2 Å². The lowest BCUT2D eigenvalue weighted by molar-refractivity contribution is -0.127. The highest BCUT2D eigenvalue weighted by molar-refractivity contribution is 9.11. The summed E-state index contributed by atoms with van der Waals surface area (Å²) < 4.78 is 14.2. The second-order valence-electron chi connectivity index (χ2n) is 10.7. The monoisotopic (exact) mass is 724 g/mol. The van der Waals surface area contributed by atoms with Crippen molar-refractivity contribution in [1.29, 1.82) is 0 Å². The molecule has 1 N–H and O–H groups in total. The summed E-state index contributed by atoms with van der Waals surface area (Å²) in [4.78, 5) is 40.6. The van der Waals surface area contributed by atoms with Crippen LogP contribution in [0, 0.1) is 0 Å². The number of likely N-dealkylation sites (tertiary alicyclic amines) is 1. The first-order valence-electron chi connectivity index (χ1n) is 14.2. The third kappa shape index (κ3) is 6.67. The Labute approximate surface area is 272 Å². The van der Waals surface area contributed by atoms with Gasteiger partial charge in [-0.05, 0) is 77.0 Å². The molecule has 1 aliphatic rings. The summed E-state index contributed by atoms with van der Waals surface area (Å²) in [6.45, 7) is 1.73. The molecule has 0 spiro atoms. The molecule has 0 unspecified atom stereocenters. The number of pyridine rings is 1. The molecule has 1 aliphatic heterocycles. The number of amides is 1. The van der Waals surface area contributed by atoms with Crippen LogP contribution in [0.3, 0.4) is 0 Å². The van der Waals surface area contributed by atoms with E-state index in [4.69, 9.17) is 14.5 Å². The third-order valence-electron chi connectivity index (χ3n) is 7.52. The molecule has 1 fully saturated rings. The van der Waals surface area contributed by atoms with Gasteiger partial charge >= 0.3 is 0 Å². The Bertz CT molecular complexity index is 1720. The minimum absolute atomic E-state index is 0.0238. The zero-order valence-electron chi connectivity index (χ0n) is 25.0. The number of aromatic nitrogens is 3. The van der Waals surface area contributed by atoms with Crippen molar-refractivity contribution in [1.82, 2.24) is 24.3 Å². The third-order valence-corrected chi connectivity index (χ3v) is 9.09. The van der Waals surface area contributed by atoms with Crippen LogP contribution >= 0.6 is 31.9 Å². The van der Waals surface area contributed by atoms with Crippen LogP contribution in [0.15, 0.2) is 74.6 Å². The minimum Gasteiger partial charge on any atom is -0.495 e. The van der Waals surface area contributed by atoms with Crippen LogP contribution in [0.2, 0.25) is 0 Å². The van der Waals surface area contributed by atoms with Crippen molar-refractivity contribution >= 4 is 60.4 Å². The maximum absolute atomic E-state index is 14.5. The van der Waals surface area contributed by atoms with E-state index in [1.54, 1.807) is 43.2 Å². The number of benzene rings is 2. The van der Waals surface area contributed by atoms with Crippen LogP contribution in [0.5, 0.6) is 11.5 Å². The number of anilines is 2. The Morgan fingerprint density at radius 2 is 1.73 bits per heavy atom. The van der Waals surface area contributed by atoms with Crippen LogP contribution in [0.25, 0.3) is 22.2 Å². The molecular weight excluding hydrogens is 692 g/mol. The summed E-state index contributed by atoms with van der Waals surface area (Å²) in [7, 11) is 7.05. The summed E-state index contributed by atoms with van der Waals surface area (Å²) in [5.41, 5.74) is 2.18. The van der Waals surface area contributed by atoms with Crippen LogP contribution < -0.4 is 20.3 Å². The fourth-order valence-corrected chi connectivity index (χ4v) is 6.93. The first kappa shape index (κ1) is 31.7. The molecule has 12 heteroatoms. The van der Waals surface area contributed by atoms with Gasteiger partial charge in [-0.15, -0.1) is 0 Å². The van der Waals surface area contributed by atoms with Gasteiger partial charge in [0.05, 0.1) is 28.7 Å². The highest BCUT2D eigenvalue weighted by Gasteiger charge is 2.28. The van der Waals surface area contributed by atoms with E-state index < -0.39 is 0 Å². The summed E-state index contributed by atoms with van der Waals surface area (Å²) in [5.74, 6) is 1.41. The van der Waals surface area contributed by atoms with Gasteiger partial charge in [0.2, 0.25) is 11.9 Å². The van der Waals surface area contributed by atoms with Gasteiger partial charge < -0.3 is 24.6 Å². The number of halogens is 2. The molecular formula is C32H34Br2N6O4. The maximum atomic E-state index is 14.5. The molecule has 2 aromatic carbocycles. The Kier molecular flexibility index (Phi) is 10.0. The van der Waals surface area contributed by atoms with Gasteiger partial charge in [0.25, 0.3) is 5.56 Å². The quantitative estimate of drug-likeness (QED) is 0.209. The lowest BCUT2D eigenvalue weighted by Crippen LogP contribution is -2.40. The lowest BCUT2D eigenvalue weighted by Gasteiger charge is -2.33. The number of nitrogens with one attached hydrogen (secondary N) is 1. The van der Waals surface area contributed by atoms with Gasteiger partial charge in [0.1, 0.15) is 17.1 Å². The van der Waals surface area contributed by atoms with Crippen molar-refractivity contribution in [3.63, 3.8) is 0 Å². The van der Waals surface area contributed by atoms with E-state index in [1.165, 1.54) is 0 Å². The number of hydrogen-bond donors (Lipinski definition) is 1. The number of rotatable bonds is 9. The number of ether oxygens (including phenoxy) is 2. The van der Waals surface area contributed by atoms with Gasteiger partial charge in [0.15, 0.2) is 0 Å². The van der Waals surface area contributed by atoms with Crippen LogP contribution in [-0.4, -0.2) is 78.2 Å². The summed E-state index contributed by atoms with van der Waals surface area (Å²) in [6.07, 6.45) is 6.41. The molecule has 0 atom stereocenters. The topological polar surface area (TPSA) is 102 Å². The molecule has 2 aromatic heterocycles. The van der Waals surface area contributed by atoms with Crippen LogP contribution in [0.4, 0.5) is 11.6 Å². The standard InChI is InChI=1S/C32H34Br2N6O4/c1-38(2)14-8-11-26(41)39-15-12-22(13-16-39)40-30-20(19-35-32(37-30)36-21-9-6-5-7-10-21)17-23(31(40)42)27-28(33)24(43-3)18-25(44-4)29(27)34/h5-11,17-19,22H,12-16H2,1-4H3,(H,35,36,37)/b11-8+. The predicted molar refractivity (Wildman–Crippen MR) is 180 cm³/mol. The summed E-state index contributed by atoms with van der Waals surface area (Å²) >= 11 is 7.32. The SMILES string of the molecule is COc1cc(OC)c(Br)c(-c2cc3cnc(Nc4ccccc4)nc3n(C3CCN(C(=O)/C=C/CN(C)C)CC3)c2=O)c1Br. The van der Waals surface area contributed by atoms with Crippen LogP contribution in [0.1, 0.15) is 18.9 Å². The van der Waals surface area contributed by atoms with E-state index in [-0.39, 0.29) is 17.5 Å². The van der Waals surface area contributed by atoms with Gasteiger partial charge in [-0.25, -0.2) is 4.98 Å². The molecule has 230 valence electrons. The largest absolute Gasteiger partial charge is 0.495 e. The zero-order chi connectivity index (χ0) is 31.4. The number of nitrogens with zero attached hydrogens (tertiary/aromatic N) is 5. The number of likely N-dealkylation sites (N-methyl/N-ethyl adjacent to an activating group) is 1. The second-order valence-corrected chi connectivity index (χ2v) is 12.3. The molecule has 4 aromatic rings. The fraction of sp³-hybridized carbons (Fsp3) is 0.312. The molecule has 5 rings (SSSR count). The molecule has 0 radical (unpaired) electrons. The molecule has 0 aliphatic carbocycles. The number of carbonyl (C=O) groups is 1. The van der Waals surface area contributed by atoms with Gasteiger partial charge in [-0.2, -0.15) is 4.98 Å². The lowest BCUT2D eigenvalue weighted by atomic mass is 10.0. The van der Waals surface area contributed by atoms with Crippen molar-refractivity contribution in [3.05, 3.63) is 80.1 Å². The molecule has 0 saturated carbocycles.